The molecule has 1 aliphatic rings. The van der Waals surface area contributed by atoms with Gasteiger partial charge in [0.25, 0.3) is 11.2 Å². The molecule has 1 amide bonds. The summed E-state index contributed by atoms with van der Waals surface area (Å²) in [6.45, 7) is 2.58. The predicted molar refractivity (Wildman–Crippen MR) is 164 cm³/mol. The number of nitrogens with zero attached hydrogens (tertiary/aromatic N) is 5. The highest BCUT2D eigenvalue weighted by Crippen LogP contribution is 2.29. The highest BCUT2D eigenvalue weighted by atomic mass is 35.5. The Morgan fingerprint density at radius 3 is 2.41 bits per heavy atom. The molecule has 0 saturated carbocycles. The van der Waals surface area contributed by atoms with E-state index in [1.807, 2.05) is 17.0 Å². The zero-order chi connectivity index (χ0) is 28.9. The van der Waals surface area contributed by atoms with Crippen LogP contribution < -0.4 is 10.5 Å². The smallest absolute Gasteiger partial charge is 0.269 e. The minimum absolute atomic E-state index is 0.0641. The third-order valence-electron chi connectivity index (χ3n) is 6.97. The number of carbonyl (C=O) groups excluding carboxylic acids is 1. The fourth-order valence-electron chi connectivity index (χ4n) is 4.78. The summed E-state index contributed by atoms with van der Waals surface area (Å²) < 4.78 is 1.53. The zero-order valence-corrected chi connectivity index (χ0v) is 24.4. The lowest BCUT2D eigenvalue weighted by Crippen LogP contribution is -2.48. The lowest BCUT2D eigenvalue weighted by Gasteiger charge is -2.36. The van der Waals surface area contributed by atoms with E-state index in [1.54, 1.807) is 42.5 Å². The SMILES string of the molecule is O=C(CCCCSc1nc2ccccc2c(=O)n1-c1ccc(Cl)cc1Cl)N1CCN(c2ccc([N+](=O)[O-])cc2)CC1. The van der Waals surface area contributed by atoms with Crippen molar-refractivity contribution in [2.45, 2.75) is 24.4 Å². The Labute approximate surface area is 250 Å². The van der Waals surface area contributed by atoms with Gasteiger partial charge in [-0.05, 0) is 55.3 Å². The quantitative estimate of drug-likeness (QED) is 0.0728. The van der Waals surface area contributed by atoms with Crippen LogP contribution in [-0.4, -0.2) is 57.2 Å². The molecule has 5 rings (SSSR count). The molecule has 212 valence electrons. The Bertz CT molecular complexity index is 1640. The van der Waals surface area contributed by atoms with Crippen molar-refractivity contribution in [1.29, 1.82) is 0 Å². The van der Waals surface area contributed by atoms with E-state index >= 15 is 0 Å². The molecule has 3 aromatic carbocycles. The molecule has 9 nitrogen and oxygen atoms in total. The number of aromatic nitrogens is 2. The van der Waals surface area contributed by atoms with Crippen LogP contribution in [0.4, 0.5) is 11.4 Å². The van der Waals surface area contributed by atoms with Crippen molar-refractivity contribution in [2.24, 2.45) is 0 Å². The summed E-state index contributed by atoms with van der Waals surface area (Å²) >= 11 is 14.0. The highest BCUT2D eigenvalue weighted by Gasteiger charge is 2.22. The van der Waals surface area contributed by atoms with Crippen molar-refractivity contribution in [3.8, 4) is 5.69 Å². The number of nitro groups is 1. The third-order valence-corrected chi connectivity index (χ3v) is 8.53. The van der Waals surface area contributed by atoms with E-state index in [1.165, 1.54) is 28.5 Å². The van der Waals surface area contributed by atoms with E-state index in [0.29, 0.717) is 76.6 Å². The van der Waals surface area contributed by atoms with Crippen molar-refractivity contribution in [1.82, 2.24) is 14.5 Å². The number of para-hydroxylation sites is 1. The van der Waals surface area contributed by atoms with E-state index in [2.05, 4.69) is 4.90 Å². The van der Waals surface area contributed by atoms with Crippen LogP contribution in [0.1, 0.15) is 19.3 Å². The number of rotatable bonds is 9. The van der Waals surface area contributed by atoms with Gasteiger partial charge in [0.15, 0.2) is 5.16 Å². The summed E-state index contributed by atoms with van der Waals surface area (Å²) in [5.74, 6) is 0.795. The lowest BCUT2D eigenvalue weighted by molar-refractivity contribution is -0.384. The summed E-state index contributed by atoms with van der Waals surface area (Å²) in [5.41, 5.74) is 1.91. The maximum atomic E-state index is 13.4. The Balaban J connectivity index is 1.16. The number of fused-ring (bicyclic) bond motifs is 1. The molecule has 0 aliphatic carbocycles. The summed E-state index contributed by atoms with van der Waals surface area (Å²) in [6, 6.07) is 18.7. The number of halogens is 2. The Morgan fingerprint density at radius 2 is 1.71 bits per heavy atom. The number of non-ortho nitro benzene ring substituents is 1. The van der Waals surface area contributed by atoms with Gasteiger partial charge in [-0.3, -0.25) is 24.3 Å². The molecule has 0 atom stereocenters. The van der Waals surface area contributed by atoms with Gasteiger partial charge in [0, 0.05) is 61.2 Å². The van der Waals surface area contributed by atoms with Crippen molar-refractivity contribution >= 4 is 63.1 Å². The van der Waals surface area contributed by atoms with Crippen LogP contribution >= 0.6 is 35.0 Å². The number of unbranched alkanes of at least 4 members (excludes halogenated alkanes) is 1. The van der Waals surface area contributed by atoms with Crippen LogP contribution in [0.3, 0.4) is 0 Å². The van der Waals surface area contributed by atoms with Crippen molar-refractivity contribution < 1.29 is 9.72 Å². The second kappa shape index (κ2) is 12.9. The standard InChI is InChI=1S/C29H27Cl2N5O4S/c30-20-8-13-26(24(31)19-20)35-28(38)23-5-1-2-6-25(23)32-29(35)41-18-4-3-7-27(37)34-16-14-33(15-17-34)21-9-11-22(12-10-21)36(39)40/h1-2,5-6,8-13,19H,3-4,7,14-18H2. The van der Waals surface area contributed by atoms with Gasteiger partial charge in [-0.15, -0.1) is 0 Å². The first-order valence-corrected chi connectivity index (χ1v) is 14.9. The summed E-state index contributed by atoms with van der Waals surface area (Å²) in [7, 11) is 0. The molecule has 1 fully saturated rings. The fraction of sp³-hybridized carbons (Fsp3) is 0.276. The van der Waals surface area contributed by atoms with Gasteiger partial charge >= 0.3 is 0 Å². The van der Waals surface area contributed by atoms with Gasteiger partial charge < -0.3 is 9.80 Å². The van der Waals surface area contributed by atoms with Crippen molar-refractivity contribution in [2.75, 3.05) is 36.8 Å². The minimum atomic E-state index is -0.411. The van der Waals surface area contributed by atoms with Gasteiger partial charge in [0.05, 0.1) is 26.5 Å². The average Bonchev–Trinajstić information content (AvgIpc) is 2.98. The van der Waals surface area contributed by atoms with E-state index in [0.717, 1.165) is 12.1 Å². The largest absolute Gasteiger partial charge is 0.368 e. The molecule has 4 aromatic rings. The summed E-state index contributed by atoms with van der Waals surface area (Å²) in [5, 5.41) is 12.8. The topological polar surface area (TPSA) is 102 Å². The molecule has 1 aliphatic heterocycles. The normalized spacial score (nSPS) is 13.5. The molecule has 0 spiro atoms. The molecule has 12 heteroatoms. The molecule has 1 saturated heterocycles. The Kier molecular flexibility index (Phi) is 9.12. The van der Waals surface area contributed by atoms with Crippen LogP contribution in [0.15, 0.2) is 76.7 Å². The number of piperazine rings is 1. The van der Waals surface area contributed by atoms with Crippen LogP contribution in [0, 0.1) is 10.1 Å². The van der Waals surface area contributed by atoms with Gasteiger partial charge in [0.1, 0.15) is 0 Å². The van der Waals surface area contributed by atoms with Crippen molar-refractivity contribution in [3.05, 3.63) is 97.2 Å². The molecule has 0 radical (unpaired) electrons. The predicted octanol–water partition coefficient (Wildman–Crippen LogP) is 6.21. The Hall–Kier alpha value is -3.60. The number of anilines is 1. The third kappa shape index (κ3) is 6.66. The van der Waals surface area contributed by atoms with Crippen LogP contribution in [0.5, 0.6) is 0 Å². The average molecular weight is 613 g/mol. The van der Waals surface area contributed by atoms with Gasteiger partial charge in [-0.2, -0.15) is 0 Å². The van der Waals surface area contributed by atoms with Gasteiger partial charge in [-0.25, -0.2) is 4.98 Å². The minimum Gasteiger partial charge on any atom is -0.368 e. The number of nitro benzene ring substituents is 1. The van der Waals surface area contributed by atoms with Crippen LogP contribution in [0.25, 0.3) is 16.6 Å². The fourth-order valence-corrected chi connectivity index (χ4v) is 6.28. The zero-order valence-electron chi connectivity index (χ0n) is 22.0. The van der Waals surface area contributed by atoms with E-state index in [9.17, 15) is 19.7 Å². The Morgan fingerprint density at radius 1 is 0.976 bits per heavy atom. The molecule has 2 heterocycles. The molecule has 1 aromatic heterocycles. The first-order chi connectivity index (χ1) is 19.8. The van der Waals surface area contributed by atoms with Gasteiger partial charge in [0.2, 0.25) is 5.91 Å². The van der Waals surface area contributed by atoms with Gasteiger partial charge in [-0.1, -0.05) is 47.1 Å². The molecule has 0 N–H and O–H groups in total. The number of hydrogen-bond donors (Lipinski definition) is 0. The lowest BCUT2D eigenvalue weighted by atomic mass is 10.2. The molecular weight excluding hydrogens is 585 g/mol. The molecule has 41 heavy (non-hydrogen) atoms. The monoisotopic (exact) mass is 611 g/mol. The molecule has 0 unspecified atom stereocenters. The van der Waals surface area contributed by atoms with E-state index < -0.39 is 4.92 Å². The van der Waals surface area contributed by atoms with E-state index in [-0.39, 0.29) is 17.2 Å². The van der Waals surface area contributed by atoms with Crippen molar-refractivity contribution in [3.63, 3.8) is 0 Å². The summed E-state index contributed by atoms with van der Waals surface area (Å²) in [4.78, 5) is 45.5. The summed E-state index contributed by atoms with van der Waals surface area (Å²) in [6.07, 6.45) is 1.93. The maximum Gasteiger partial charge on any atom is 0.269 e. The van der Waals surface area contributed by atoms with E-state index in [4.69, 9.17) is 28.2 Å². The number of carbonyl (C=O) groups is 1. The number of hydrogen-bond acceptors (Lipinski definition) is 7. The van der Waals surface area contributed by atoms with Crippen LogP contribution in [0.2, 0.25) is 10.0 Å². The molecular formula is C29H27Cl2N5O4S. The molecule has 0 bridgehead atoms. The number of benzene rings is 3. The number of thioether (sulfide) groups is 1. The highest BCUT2D eigenvalue weighted by molar-refractivity contribution is 7.99. The second-order valence-electron chi connectivity index (χ2n) is 9.59. The van der Waals surface area contributed by atoms with Crippen LogP contribution in [-0.2, 0) is 4.79 Å². The first kappa shape index (κ1) is 28.9. The first-order valence-electron chi connectivity index (χ1n) is 13.2. The maximum absolute atomic E-state index is 13.4. The second-order valence-corrected chi connectivity index (χ2v) is 11.5. The number of amides is 1.